The van der Waals surface area contributed by atoms with Crippen molar-refractivity contribution >= 4 is 5.69 Å². The Kier molecular flexibility index (Phi) is 4.93. The maximum absolute atomic E-state index is 5.38. The summed E-state index contributed by atoms with van der Waals surface area (Å²) in [5, 5.41) is 3.74. The van der Waals surface area contributed by atoms with Gasteiger partial charge < -0.3 is 15.0 Å². The van der Waals surface area contributed by atoms with E-state index in [9.17, 15) is 0 Å². The number of hydrogen-bond acceptors (Lipinski definition) is 3. The number of nitrogens with zero attached hydrogens (tertiary/aromatic N) is 1. The van der Waals surface area contributed by atoms with Crippen LogP contribution in [-0.4, -0.2) is 37.7 Å². The first-order valence-corrected chi connectivity index (χ1v) is 9.52. The first-order valence-electron chi connectivity index (χ1n) is 9.52. The van der Waals surface area contributed by atoms with Crippen LogP contribution in [0, 0.1) is 0 Å². The molecule has 25 heavy (non-hydrogen) atoms. The second-order valence-corrected chi connectivity index (χ2v) is 7.39. The monoisotopic (exact) mass is 336 g/mol. The molecule has 0 amide bonds. The van der Waals surface area contributed by atoms with Crippen LogP contribution in [0.4, 0.5) is 5.69 Å². The van der Waals surface area contributed by atoms with Crippen LogP contribution in [0.2, 0.25) is 0 Å². The third-order valence-electron chi connectivity index (χ3n) is 5.77. The van der Waals surface area contributed by atoms with Gasteiger partial charge in [-0.15, -0.1) is 0 Å². The Balaban J connectivity index is 1.31. The number of methoxy groups -OCH3 is 1. The van der Waals surface area contributed by atoms with Gasteiger partial charge in [0.05, 0.1) is 7.11 Å². The van der Waals surface area contributed by atoms with Crippen LogP contribution in [0.25, 0.3) is 0 Å². The molecule has 0 radical (unpaired) electrons. The van der Waals surface area contributed by atoms with Gasteiger partial charge >= 0.3 is 0 Å². The number of aryl methyl sites for hydroxylation is 1. The molecule has 0 aromatic heterocycles. The van der Waals surface area contributed by atoms with E-state index in [-0.39, 0.29) is 0 Å². The molecular formula is C22H28N2O. The highest BCUT2D eigenvalue weighted by Gasteiger charge is 2.24. The van der Waals surface area contributed by atoms with Crippen LogP contribution in [0.5, 0.6) is 5.75 Å². The molecule has 3 nitrogen and oxygen atoms in total. The fraction of sp³-hybridized carbons (Fsp3) is 0.455. The number of para-hydroxylation sites is 1. The highest BCUT2D eigenvalue weighted by molar-refractivity contribution is 5.53. The highest BCUT2D eigenvalue weighted by atomic mass is 16.5. The van der Waals surface area contributed by atoms with Crippen LogP contribution in [0.15, 0.2) is 48.5 Å². The van der Waals surface area contributed by atoms with Crippen LogP contribution in [-0.2, 0) is 6.42 Å². The number of fused-ring (bicyclic) bond motifs is 1. The number of piperidine rings is 1. The quantitative estimate of drug-likeness (QED) is 0.901. The van der Waals surface area contributed by atoms with E-state index >= 15 is 0 Å². The lowest BCUT2D eigenvalue weighted by molar-refractivity contribution is 0.201. The van der Waals surface area contributed by atoms with Gasteiger partial charge in [-0.25, -0.2) is 0 Å². The molecular weight excluding hydrogens is 308 g/mol. The van der Waals surface area contributed by atoms with Gasteiger partial charge in [0.1, 0.15) is 5.75 Å². The molecule has 1 N–H and O–H groups in total. The van der Waals surface area contributed by atoms with Gasteiger partial charge in [-0.05, 0) is 74.0 Å². The van der Waals surface area contributed by atoms with Crippen molar-refractivity contribution in [1.82, 2.24) is 4.90 Å². The molecule has 4 rings (SSSR count). The van der Waals surface area contributed by atoms with Crippen molar-refractivity contribution in [2.75, 3.05) is 32.1 Å². The number of rotatable bonds is 4. The molecule has 2 aliphatic rings. The van der Waals surface area contributed by atoms with Gasteiger partial charge in [0.2, 0.25) is 0 Å². The molecule has 2 aromatic rings. The van der Waals surface area contributed by atoms with Gasteiger partial charge in [0.25, 0.3) is 0 Å². The number of likely N-dealkylation sites (tertiary alicyclic amines) is 1. The molecule has 0 bridgehead atoms. The van der Waals surface area contributed by atoms with Gasteiger partial charge in [-0.3, -0.25) is 0 Å². The van der Waals surface area contributed by atoms with Crippen LogP contribution in [0.3, 0.4) is 0 Å². The van der Waals surface area contributed by atoms with Crippen molar-refractivity contribution in [2.24, 2.45) is 0 Å². The molecule has 2 heterocycles. The summed E-state index contributed by atoms with van der Waals surface area (Å²) in [6.45, 7) is 3.56. The fourth-order valence-corrected chi connectivity index (χ4v) is 4.29. The summed E-state index contributed by atoms with van der Waals surface area (Å²) in [5.74, 6) is 1.65. The van der Waals surface area contributed by atoms with Crippen molar-refractivity contribution in [2.45, 2.75) is 37.6 Å². The Labute approximate surface area is 151 Å². The number of benzene rings is 2. The summed E-state index contributed by atoms with van der Waals surface area (Å²) in [6.07, 6.45) is 4.94. The lowest BCUT2D eigenvalue weighted by Crippen LogP contribution is -2.42. The molecule has 2 aliphatic heterocycles. The molecule has 0 saturated carbocycles. The Morgan fingerprint density at radius 3 is 2.72 bits per heavy atom. The van der Waals surface area contributed by atoms with Gasteiger partial charge in [-0.1, -0.05) is 30.3 Å². The summed E-state index contributed by atoms with van der Waals surface area (Å²) in [4.78, 5) is 2.64. The van der Waals surface area contributed by atoms with E-state index in [1.165, 1.54) is 62.1 Å². The first-order chi connectivity index (χ1) is 12.3. The second-order valence-electron chi connectivity index (χ2n) is 7.39. The number of nitrogens with one attached hydrogen (secondary N) is 1. The van der Waals surface area contributed by atoms with E-state index in [1.54, 1.807) is 7.11 Å². The van der Waals surface area contributed by atoms with Crippen LogP contribution in [0.1, 0.15) is 36.3 Å². The van der Waals surface area contributed by atoms with Crippen LogP contribution >= 0.6 is 0 Å². The summed E-state index contributed by atoms with van der Waals surface area (Å²) >= 11 is 0. The molecule has 1 atom stereocenters. The zero-order valence-electron chi connectivity index (χ0n) is 15.1. The minimum absolute atomic E-state index is 0.586. The number of hydrogen-bond donors (Lipinski definition) is 1. The van der Waals surface area contributed by atoms with Crippen molar-refractivity contribution in [3.8, 4) is 5.75 Å². The van der Waals surface area contributed by atoms with Crippen molar-refractivity contribution in [1.29, 1.82) is 0 Å². The van der Waals surface area contributed by atoms with Crippen LogP contribution < -0.4 is 10.1 Å². The summed E-state index contributed by atoms with van der Waals surface area (Å²) in [6, 6.07) is 17.9. The lowest BCUT2D eigenvalue weighted by Gasteiger charge is -2.36. The third kappa shape index (κ3) is 3.82. The Morgan fingerprint density at radius 1 is 1.04 bits per heavy atom. The summed E-state index contributed by atoms with van der Waals surface area (Å²) < 4.78 is 5.38. The van der Waals surface area contributed by atoms with E-state index < -0.39 is 0 Å². The van der Waals surface area contributed by atoms with Crippen molar-refractivity contribution in [3.05, 3.63) is 59.7 Å². The maximum atomic E-state index is 5.38. The highest BCUT2D eigenvalue weighted by Crippen LogP contribution is 2.31. The minimum Gasteiger partial charge on any atom is -0.497 e. The fourth-order valence-electron chi connectivity index (χ4n) is 4.29. The van der Waals surface area contributed by atoms with Crippen molar-refractivity contribution in [3.63, 3.8) is 0 Å². The predicted octanol–water partition coefficient (Wildman–Crippen LogP) is 4.30. The molecule has 2 aromatic carbocycles. The SMILES string of the molecule is COc1cccc(C2CCN(CC3CCc4ccccc4N3)CC2)c1. The molecule has 0 aliphatic carbocycles. The van der Waals surface area contributed by atoms with Crippen molar-refractivity contribution < 1.29 is 4.74 Å². The predicted molar refractivity (Wildman–Crippen MR) is 104 cm³/mol. The molecule has 1 saturated heterocycles. The van der Waals surface area contributed by atoms with Gasteiger partial charge in [0, 0.05) is 18.3 Å². The summed E-state index contributed by atoms with van der Waals surface area (Å²) in [5.41, 5.74) is 4.24. The van der Waals surface area contributed by atoms with E-state index in [0.29, 0.717) is 12.0 Å². The topological polar surface area (TPSA) is 24.5 Å². The molecule has 132 valence electrons. The molecule has 0 spiro atoms. The smallest absolute Gasteiger partial charge is 0.119 e. The minimum atomic E-state index is 0.586. The van der Waals surface area contributed by atoms with E-state index in [4.69, 9.17) is 4.74 Å². The lowest BCUT2D eigenvalue weighted by atomic mass is 9.89. The Hall–Kier alpha value is -2.00. The Morgan fingerprint density at radius 2 is 1.88 bits per heavy atom. The second kappa shape index (κ2) is 7.49. The Bertz CT molecular complexity index is 707. The number of ether oxygens (including phenoxy) is 1. The van der Waals surface area contributed by atoms with Gasteiger partial charge in [0.15, 0.2) is 0 Å². The average Bonchev–Trinajstić information content (AvgIpc) is 2.68. The molecule has 3 heteroatoms. The molecule has 1 fully saturated rings. The zero-order chi connectivity index (χ0) is 17.1. The zero-order valence-corrected chi connectivity index (χ0v) is 15.1. The van der Waals surface area contributed by atoms with E-state index in [2.05, 4.69) is 52.7 Å². The first kappa shape index (κ1) is 16.5. The third-order valence-corrected chi connectivity index (χ3v) is 5.77. The van der Waals surface area contributed by atoms with Gasteiger partial charge in [-0.2, -0.15) is 0 Å². The summed E-state index contributed by atoms with van der Waals surface area (Å²) in [7, 11) is 1.75. The largest absolute Gasteiger partial charge is 0.497 e. The number of anilines is 1. The van der Waals surface area contributed by atoms with E-state index in [0.717, 1.165) is 5.75 Å². The standard InChI is InChI=1S/C22H28N2O/c1-25-21-7-4-6-19(15-21)17-11-13-24(14-12-17)16-20-10-9-18-5-2-3-8-22(18)23-20/h2-8,15,17,20,23H,9-14,16H2,1H3. The average molecular weight is 336 g/mol. The normalized spacial score (nSPS) is 21.4. The van der Waals surface area contributed by atoms with E-state index in [1.807, 2.05) is 6.07 Å². The molecule has 1 unspecified atom stereocenters. The maximum Gasteiger partial charge on any atom is 0.119 e.